The molecule has 90 valence electrons. The van der Waals surface area contributed by atoms with Crippen LogP contribution in [0.5, 0.6) is 0 Å². The third-order valence-corrected chi connectivity index (χ3v) is 1.98. The van der Waals surface area contributed by atoms with E-state index >= 15 is 0 Å². The molecule has 0 bridgehead atoms. The fraction of sp³-hybridized carbons (Fsp3) is 0.500. The number of nitrogens with zero attached hydrogens (tertiary/aromatic N) is 2. The summed E-state index contributed by atoms with van der Waals surface area (Å²) < 4.78 is 36.2. The van der Waals surface area contributed by atoms with Crippen LogP contribution < -0.4 is 5.32 Å². The van der Waals surface area contributed by atoms with Crippen molar-refractivity contribution in [3.8, 4) is 0 Å². The van der Waals surface area contributed by atoms with Gasteiger partial charge >= 0.3 is 6.18 Å². The average Bonchev–Trinajstić information content (AvgIpc) is 2.16. The van der Waals surface area contributed by atoms with Crippen molar-refractivity contribution in [3.63, 3.8) is 0 Å². The Kier molecular flexibility index (Phi) is 4.12. The van der Waals surface area contributed by atoms with Gasteiger partial charge < -0.3 is 5.32 Å². The summed E-state index contributed by atoms with van der Waals surface area (Å²) in [6, 6.07) is 3.49. The first-order chi connectivity index (χ1) is 7.40. The van der Waals surface area contributed by atoms with Gasteiger partial charge in [0.15, 0.2) is 0 Å². The maximum atomic E-state index is 12.1. The lowest BCUT2D eigenvalue weighted by Crippen LogP contribution is -2.30. The first kappa shape index (κ1) is 12.8. The summed E-state index contributed by atoms with van der Waals surface area (Å²) in [7, 11) is 3.16. The molecule has 0 aliphatic carbocycles. The van der Waals surface area contributed by atoms with E-state index in [1.165, 1.54) is 11.9 Å². The van der Waals surface area contributed by atoms with E-state index < -0.39 is 12.7 Å². The molecule has 0 aliphatic heterocycles. The first-order valence-corrected chi connectivity index (χ1v) is 4.78. The quantitative estimate of drug-likeness (QED) is 0.863. The predicted molar refractivity (Wildman–Crippen MR) is 56.2 cm³/mol. The van der Waals surface area contributed by atoms with Gasteiger partial charge in [0.2, 0.25) is 0 Å². The maximum Gasteiger partial charge on any atom is 0.401 e. The molecule has 0 spiro atoms. The lowest BCUT2D eigenvalue weighted by Gasteiger charge is -2.18. The number of alkyl halides is 3. The van der Waals surface area contributed by atoms with Crippen LogP contribution in [0.4, 0.5) is 19.0 Å². The summed E-state index contributed by atoms with van der Waals surface area (Å²) in [5.74, 6) is 0.697. The Labute approximate surface area is 92.3 Å². The van der Waals surface area contributed by atoms with Crippen molar-refractivity contribution in [1.29, 1.82) is 0 Å². The minimum Gasteiger partial charge on any atom is -0.373 e. The molecule has 0 saturated carbocycles. The smallest absolute Gasteiger partial charge is 0.373 e. The van der Waals surface area contributed by atoms with Gasteiger partial charge in [-0.2, -0.15) is 13.2 Å². The topological polar surface area (TPSA) is 28.2 Å². The largest absolute Gasteiger partial charge is 0.401 e. The van der Waals surface area contributed by atoms with Crippen LogP contribution in [0.15, 0.2) is 18.3 Å². The minimum atomic E-state index is -4.16. The highest BCUT2D eigenvalue weighted by Gasteiger charge is 2.28. The maximum absolute atomic E-state index is 12.1. The third-order valence-electron chi connectivity index (χ3n) is 1.98. The number of halogens is 3. The summed E-state index contributed by atoms with van der Waals surface area (Å²) in [6.07, 6.45) is -2.59. The monoisotopic (exact) mass is 233 g/mol. The predicted octanol–water partition coefficient (Wildman–Crippen LogP) is 2.12. The average molecular weight is 233 g/mol. The van der Waals surface area contributed by atoms with E-state index in [1.54, 1.807) is 25.4 Å². The van der Waals surface area contributed by atoms with E-state index in [4.69, 9.17) is 0 Å². The summed E-state index contributed by atoms with van der Waals surface area (Å²) in [5, 5.41) is 2.84. The molecule has 0 atom stereocenters. The summed E-state index contributed by atoms with van der Waals surface area (Å²) in [4.78, 5) is 5.23. The standard InChI is InChI=1S/C10H14F3N3/c1-14-9-4-3-8(5-15-9)6-16(2)7-10(11,12)13/h3-5H,6-7H2,1-2H3,(H,14,15). The third kappa shape index (κ3) is 4.48. The van der Waals surface area contributed by atoms with Crippen LogP contribution in [0.2, 0.25) is 0 Å². The highest BCUT2D eigenvalue weighted by Crippen LogP contribution is 2.17. The Morgan fingerprint density at radius 3 is 2.50 bits per heavy atom. The molecule has 0 amide bonds. The van der Waals surface area contributed by atoms with Crippen LogP contribution in [-0.4, -0.2) is 36.7 Å². The van der Waals surface area contributed by atoms with Crippen molar-refractivity contribution >= 4 is 5.82 Å². The number of pyridine rings is 1. The van der Waals surface area contributed by atoms with Crippen LogP contribution in [0.3, 0.4) is 0 Å². The van der Waals surface area contributed by atoms with Crippen molar-refractivity contribution in [2.24, 2.45) is 0 Å². The molecule has 0 saturated heterocycles. The van der Waals surface area contributed by atoms with E-state index in [9.17, 15) is 13.2 Å². The highest BCUT2D eigenvalue weighted by atomic mass is 19.4. The molecule has 0 aliphatic rings. The first-order valence-electron chi connectivity index (χ1n) is 4.78. The minimum absolute atomic E-state index is 0.233. The Balaban J connectivity index is 2.53. The molecular weight excluding hydrogens is 219 g/mol. The molecule has 1 aromatic heterocycles. The van der Waals surface area contributed by atoms with E-state index in [-0.39, 0.29) is 6.54 Å². The molecule has 3 nitrogen and oxygen atoms in total. The zero-order valence-electron chi connectivity index (χ0n) is 9.17. The zero-order valence-corrected chi connectivity index (χ0v) is 9.17. The molecule has 1 heterocycles. The molecule has 0 radical (unpaired) electrons. The van der Waals surface area contributed by atoms with Crippen LogP contribution in [0, 0.1) is 0 Å². The molecule has 6 heteroatoms. The Morgan fingerprint density at radius 2 is 2.06 bits per heavy atom. The second kappa shape index (κ2) is 5.16. The van der Waals surface area contributed by atoms with Crippen molar-refractivity contribution < 1.29 is 13.2 Å². The van der Waals surface area contributed by atoms with Crippen LogP contribution in [0.25, 0.3) is 0 Å². The lowest BCUT2D eigenvalue weighted by molar-refractivity contribution is -0.144. The van der Waals surface area contributed by atoms with Gasteiger partial charge in [-0.05, 0) is 18.7 Å². The van der Waals surface area contributed by atoms with E-state index in [1.807, 2.05) is 0 Å². The molecule has 1 N–H and O–H groups in total. The van der Waals surface area contributed by atoms with Crippen LogP contribution in [-0.2, 0) is 6.54 Å². The Hall–Kier alpha value is -1.30. The van der Waals surface area contributed by atoms with Crippen molar-refractivity contribution in [3.05, 3.63) is 23.9 Å². The van der Waals surface area contributed by atoms with Crippen molar-refractivity contribution in [1.82, 2.24) is 9.88 Å². The van der Waals surface area contributed by atoms with E-state index in [0.717, 1.165) is 5.56 Å². The van der Waals surface area contributed by atoms with Gasteiger partial charge in [-0.1, -0.05) is 6.07 Å². The summed E-state index contributed by atoms with van der Waals surface area (Å²) in [5.41, 5.74) is 0.755. The van der Waals surface area contributed by atoms with Crippen molar-refractivity contribution in [2.75, 3.05) is 26.0 Å². The molecule has 0 fully saturated rings. The number of hydrogen-bond donors (Lipinski definition) is 1. The molecular formula is C10H14F3N3. The summed E-state index contributed by atoms with van der Waals surface area (Å²) in [6.45, 7) is -0.683. The fourth-order valence-corrected chi connectivity index (χ4v) is 1.34. The van der Waals surface area contributed by atoms with E-state index in [0.29, 0.717) is 5.82 Å². The molecule has 1 aromatic rings. The van der Waals surface area contributed by atoms with E-state index in [2.05, 4.69) is 10.3 Å². The van der Waals surface area contributed by atoms with Gasteiger partial charge in [0.1, 0.15) is 5.82 Å². The van der Waals surface area contributed by atoms with Gasteiger partial charge in [-0.25, -0.2) is 4.98 Å². The van der Waals surface area contributed by atoms with Crippen LogP contribution in [0.1, 0.15) is 5.56 Å². The molecule has 0 unspecified atom stereocenters. The van der Waals surface area contributed by atoms with Gasteiger partial charge in [-0.3, -0.25) is 4.90 Å². The molecule has 0 aromatic carbocycles. The number of aromatic nitrogens is 1. The molecule has 1 rings (SSSR count). The van der Waals surface area contributed by atoms with Crippen LogP contribution >= 0.6 is 0 Å². The molecule has 16 heavy (non-hydrogen) atoms. The number of nitrogens with one attached hydrogen (secondary N) is 1. The Morgan fingerprint density at radius 1 is 1.38 bits per heavy atom. The van der Waals surface area contributed by atoms with Gasteiger partial charge in [0.25, 0.3) is 0 Å². The number of hydrogen-bond acceptors (Lipinski definition) is 3. The summed E-state index contributed by atoms with van der Waals surface area (Å²) >= 11 is 0. The fourth-order valence-electron chi connectivity index (χ4n) is 1.34. The van der Waals surface area contributed by atoms with Gasteiger partial charge in [0, 0.05) is 19.8 Å². The van der Waals surface area contributed by atoms with Gasteiger partial charge in [-0.15, -0.1) is 0 Å². The zero-order chi connectivity index (χ0) is 12.2. The number of anilines is 1. The number of rotatable bonds is 4. The Bertz CT molecular complexity index is 321. The van der Waals surface area contributed by atoms with Gasteiger partial charge in [0.05, 0.1) is 6.54 Å². The second-order valence-corrected chi connectivity index (χ2v) is 3.59. The second-order valence-electron chi connectivity index (χ2n) is 3.59. The van der Waals surface area contributed by atoms with Crippen molar-refractivity contribution in [2.45, 2.75) is 12.7 Å². The highest BCUT2D eigenvalue weighted by molar-refractivity contribution is 5.34. The lowest BCUT2D eigenvalue weighted by atomic mass is 10.2. The SMILES string of the molecule is CNc1ccc(CN(C)CC(F)(F)F)cn1. The normalized spacial score (nSPS) is 11.9.